The van der Waals surface area contributed by atoms with Gasteiger partial charge in [0.25, 0.3) is 0 Å². The Kier molecular flexibility index (Phi) is 7.60. The molecule has 3 aromatic carbocycles. The minimum Gasteiger partial charge on any atom is -0.477 e. The van der Waals surface area contributed by atoms with Crippen molar-refractivity contribution < 1.29 is 9.90 Å². The molecule has 5 aromatic rings. The molecular weight excluding hydrogens is 508 g/mol. The lowest BCUT2D eigenvalue weighted by Crippen LogP contribution is -2.09. The number of rotatable bonds is 8. The highest BCUT2D eigenvalue weighted by Crippen LogP contribution is 2.36. The van der Waals surface area contributed by atoms with Crippen molar-refractivity contribution in [2.24, 2.45) is 0 Å². The van der Waals surface area contributed by atoms with Crippen molar-refractivity contribution in [3.8, 4) is 16.5 Å². The molecule has 0 amide bonds. The molecule has 6 heteroatoms. The summed E-state index contributed by atoms with van der Waals surface area (Å²) in [5.74, 6) is -1.22. The fraction of sp³-hybridized carbons (Fsp3) is 0. The Morgan fingerprint density at radius 1 is 0.684 bits per heavy atom. The van der Waals surface area contributed by atoms with Gasteiger partial charge in [-0.15, -0.1) is 22.7 Å². The molecule has 0 aliphatic carbocycles. The molecule has 0 radical (unpaired) electrons. The average Bonchev–Trinajstić information content (AvgIpc) is 3.62. The molecule has 2 heterocycles. The highest BCUT2D eigenvalue weighted by Gasteiger charge is 2.12. The molecule has 0 atom stereocenters. The van der Waals surface area contributed by atoms with Gasteiger partial charge in [0.1, 0.15) is 11.6 Å². The summed E-state index contributed by atoms with van der Waals surface area (Å²) in [6, 6.07) is 39.0. The molecule has 0 saturated carbocycles. The second-order valence-electron chi connectivity index (χ2n) is 8.30. The fourth-order valence-electron chi connectivity index (χ4n) is 3.96. The Morgan fingerprint density at radius 3 is 1.79 bits per heavy atom. The van der Waals surface area contributed by atoms with Gasteiger partial charge in [0, 0.05) is 36.6 Å². The average molecular weight is 531 g/mol. The molecule has 184 valence electrons. The standard InChI is InChI=1S/C32H22N2O2S2/c33-22-24(32(35)36)21-30-18-17-28(37-30)15-16-29-19-20-31(38-29)23-11-13-27(14-12-23)34(25-7-3-1-4-8-25)26-9-5-2-6-10-26/h1-21H,(H,35,36)/b16-15+,24-21+. The van der Waals surface area contributed by atoms with Gasteiger partial charge in [0.2, 0.25) is 0 Å². The summed E-state index contributed by atoms with van der Waals surface area (Å²) < 4.78 is 0. The second kappa shape index (κ2) is 11.6. The van der Waals surface area contributed by atoms with Crippen molar-refractivity contribution in [1.82, 2.24) is 0 Å². The van der Waals surface area contributed by atoms with Gasteiger partial charge < -0.3 is 10.0 Å². The lowest BCUT2D eigenvalue weighted by atomic mass is 10.1. The zero-order valence-corrected chi connectivity index (χ0v) is 21.8. The molecule has 0 spiro atoms. The number of thiophene rings is 2. The molecule has 4 nitrogen and oxygen atoms in total. The van der Waals surface area contributed by atoms with E-state index in [9.17, 15) is 4.79 Å². The molecule has 0 aliphatic rings. The Bertz CT molecular complexity index is 1600. The number of nitrogens with zero attached hydrogens (tertiary/aromatic N) is 2. The van der Waals surface area contributed by atoms with Crippen LogP contribution in [0.4, 0.5) is 17.1 Å². The van der Waals surface area contributed by atoms with E-state index in [0.717, 1.165) is 37.3 Å². The zero-order valence-electron chi connectivity index (χ0n) is 20.2. The minimum atomic E-state index is -1.22. The predicted molar refractivity (Wildman–Crippen MR) is 159 cm³/mol. The number of carboxylic acids is 1. The van der Waals surface area contributed by atoms with Gasteiger partial charge in [-0.2, -0.15) is 5.26 Å². The SMILES string of the molecule is N#C/C(=C\c1ccc(/C=C/c2ccc(-c3ccc(N(c4ccccc4)c4ccccc4)cc3)s2)s1)C(=O)O. The van der Waals surface area contributed by atoms with E-state index in [1.165, 1.54) is 22.3 Å². The summed E-state index contributed by atoms with van der Waals surface area (Å²) >= 11 is 3.15. The number of carbonyl (C=O) groups is 1. The molecule has 1 N–H and O–H groups in total. The molecule has 0 unspecified atom stereocenters. The summed E-state index contributed by atoms with van der Waals surface area (Å²) in [5.41, 5.74) is 4.18. The first-order valence-electron chi connectivity index (χ1n) is 11.8. The third-order valence-corrected chi connectivity index (χ3v) is 7.86. The van der Waals surface area contributed by atoms with E-state index in [2.05, 4.69) is 71.6 Å². The number of carboxylic acid groups (broad SMARTS) is 1. The number of hydrogen-bond donors (Lipinski definition) is 1. The molecule has 0 fully saturated rings. The second-order valence-corrected chi connectivity index (χ2v) is 10.6. The molecule has 2 aromatic heterocycles. The fourth-order valence-corrected chi connectivity index (χ4v) is 5.73. The van der Waals surface area contributed by atoms with Crippen LogP contribution in [-0.4, -0.2) is 11.1 Å². The van der Waals surface area contributed by atoms with Crippen molar-refractivity contribution in [3.05, 3.63) is 129 Å². The highest BCUT2D eigenvalue weighted by atomic mass is 32.1. The van der Waals surface area contributed by atoms with Gasteiger partial charge in [-0.25, -0.2) is 4.79 Å². The quantitative estimate of drug-likeness (QED) is 0.160. The van der Waals surface area contributed by atoms with E-state index < -0.39 is 5.97 Å². The van der Waals surface area contributed by atoms with E-state index in [1.54, 1.807) is 17.4 Å². The lowest BCUT2D eigenvalue weighted by molar-refractivity contribution is -0.132. The van der Waals surface area contributed by atoms with Gasteiger partial charge in [-0.05, 0) is 84.5 Å². The number of benzene rings is 3. The van der Waals surface area contributed by atoms with Crippen LogP contribution < -0.4 is 4.90 Å². The topological polar surface area (TPSA) is 64.3 Å². The van der Waals surface area contributed by atoms with Crippen LogP contribution in [0.2, 0.25) is 0 Å². The number of anilines is 3. The van der Waals surface area contributed by atoms with E-state index in [0.29, 0.717) is 0 Å². The largest absolute Gasteiger partial charge is 0.477 e. The molecule has 38 heavy (non-hydrogen) atoms. The molecular formula is C32H22N2O2S2. The van der Waals surface area contributed by atoms with Crippen LogP contribution in [0.5, 0.6) is 0 Å². The Hall–Kier alpha value is -4.70. The number of para-hydroxylation sites is 2. The van der Waals surface area contributed by atoms with E-state index in [1.807, 2.05) is 54.6 Å². The van der Waals surface area contributed by atoms with Crippen LogP contribution in [0.1, 0.15) is 14.6 Å². The van der Waals surface area contributed by atoms with Gasteiger partial charge in [-0.3, -0.25) is 0 Å². The van der Waals surface area contributed by atoms with Crippen LogP contribution in [0.15, 0.2) is 115 Å². The smallest absolute Gasteiger partial charge is 0.346 e. The van der Waals surface area contributed by atoms with Gasteiger partial charge >= 0.3 is 5.97 Å². The van der Waals surface area contributed by atoms with Gasteiger partial charge in [0.15, 0.2) is 0 Å². The first-order chi connectivity index (χ1) is 18.6. The molecule has 0 saturated heterocycles. The van der Waals surface area contributed by atoms with Gasteiger partial charge in [-0.1, -0.05) is 48.5 Å². The minimum absolute atomic E-state index is 0.271. The summed E-state index contributed by atoms with van der Waals surface area (Å²) in [6.07, 6.45) is 5.45. The van der Waals surface area contributed by atoms with Gasteiger partial charge in [0.05, 0.1) is 0 Å². The van der Waals surface area contributed by atoms with E-state index >= 15 is 0 Å². The number of aliphatic carboxylic acids is 1. The van der Waals surface area contributed by atoms with Crippen LogP contribution in [-0.2, 0) is 4.79 Å². The van der Waals surface area contributed by atoms with Crippen LogP contribution in [0.25, 0.3) is 28.7 Å². The predicted octanol–water partition coefficient (Wildman–Crippen LogP) is 9.11. The third-order valence-electron chi connectivity index (χ3n) is 5.76. The van der Waals surface area contributed by atoms with Crippen LogP contribution >= 0.6 is 22.7 Å². The monoisotopic (exact) mass is 530 g/mol. The first kappa shape index (κ1) is 25.0. The summed E-state index contributed by atoms with van der Waals surface area (Å²) in [7, 11) is 0. The van der Waals surface area contributed by atoms with Crippen molar-refractivity contribution in [2.45, 2.75) is 0 Å². The highest BCUT2D eigenvalue weighted by molar-refractivity contribution is 7.16. The summed E-state index contributed by atoms with van der Waals surface area (Å²) in [6.45, 7) is 0. The Morgan fingerprint density at radius 2 is 1.21 bits per heavy atom. The van der Waals surface area contributed by atoms with E-state index in [4.69, 9.17) is 10.4 Å². The molecule has 0 bridgehead atoms. The maximum atomic E-state index is 11.1. The van der Waals surface area contributed by atoms with E-state index in [-0.39, 0.29) is 5.57 Å². The van der Waals surface area contributed by atoms with Crippen molar-refractivity contribution in [1.29, 1.82) is 5.26 Å². The lowest BCUT2D eigenvalue weighted by Gasteiger charge is -2.25. The zero-order chi connectivity index (χ0) is 26.3. The molecule has 5 rings (SSSR count). The molecule has 0 aliphatic heterocycles. The maximum absolute atomic E-state index is 11.1. The Balaban J connectivity index is 1.34. The summed E-state index contributed by atoms with van der Waals surface area (Å²) in [5, 5.41) is 18.0. The van der Waals surface area contributed by atoms with Crippen molar-refractivity contribution >= 4 is 63.9 Å². The first-order valence-corrected chi connectivity index (χ1v) is 13.5. The Labute approximate surface area is 229 Å². The normalized spacial score (nSPS) is 11.4. The van der Waals surface area contributed by atoms with Crippen molar-refractivity contribution in [2.75, 3.05) is 4.90 Å². The maximum Gasteiger partial charge on any atom is 0.346 e. The van der Waals surface area contributed by atoms with Crippen LogP contribution in [0, 0.1) is 11.3 Å². The summed E-state index contributed by atoms with van der Waals surface area (Å²) in [4.78, 5) is 17.3. The number of nitriles is 1. The third kappa shape index (κ3) is 5.81. The number of hydrogen-bond acceptors (Lipinski definition) is 5. The van der Waals surface area contributed by atoms with Crippen LogP contribution in [0.3, 0.4) is 0 Å². The van der Waals surface area contributed by atoms with Crippen molar-refractivity contribution in [3.63, 3.8) is 0 Å².